The average molecular weight is 278 g/mol. The van der Waals surface area contributed by atoms with Gasteiger partial charge >= 0.3 is 0 Å². The van der Waals surface area contributed by atoms with Gasteiger partial charge in [-0.05, 0) is 45.5 Å². The maximum Gasteiger partial charge on any atom is 0.236 e. The van der Waals surface area contributed by atoms with E-state index in [1.165, 1.54) is 0 Å². The van der Waals surface area contributed by atoms with Crippen LogP contribution in [0.4, 0.5) is 5.82 Å². The van der Waals surface area contributed by atoms with Gasteiger partial charge in [0.1, 0.15) is 5.82 Å². The van der Waals surface area contributed by atoms with E-state index in [0.717, 1.165) is 37.6 Å². The lowest BCUT2D eigenvalue weighted by molar-refractivity contribution is -0.131. The monoisotopic (exact) mass is 278 g/mol. The van der Waals surface area contributed by atoms with Crippen LogP contribution >= 0.6 is 0 Å². The summed E-state index contributed by atoms with van der Waals surface area (Å²) in [6.45, 7) is 9.64. The minimum Gasteiger partial charge on any atom is -0.370 e. The van der Waals surface area contributed by atoms with Crippen LogP contribution in [0.25, 0.3) is 0 Å². The SMILES string of the molecule is CCNc1cc(CN(C)CC(=O)N(CC)CC)ccn1. The smallest absolute Gasteiger partial charge is 0.236 e. The van der Waals surface area contributed by atoms with Gasteiger partial charge < -0.3 is 10.2 Å². The summed E-state index contributed by atoms with van der Waals surface area (Å²) in [6.07, 6.45) is 1.80. The largest absolute Gasteiger partial charge is 0.370 e. The fraction of sp³-hybridized carbons (Fsp3) is 0.600. The summed E-state index contributed by atoms with van der Waals surface area (Å²) in [5.74, 6) is 1.06. The Morgan fingerprint density at radius 1 is 1.30 bits per heavy atom. The van der Waals surface area contributed by atoms with Crippen molar-refractivity contribution < 1.29 is 4.79 Å². The molecule has 5 nitrogen and oxygen atoms in total. The van der Waals surface area contributed by atoms with E-state index in [-0.39, 0.29) is 5.91 Å². The maximum atomic E-state index is 12.0. The average Bonchev–Trinajstić information content (AvgIpc) is 2.40. The number of carbonyl (C=O) groups excluding carboxylic acids is 1. The van der Waals surface area contributed by atoms with Gasteiger partial charge in [-0.25, -0.2) is 4.98 Å². The number of likely N-dealkylation sites (N-methyl/N-ethyl adjacent to an activating group) is 2. The molecule has 0 saturated heterocycles. The maximum absolute atomic E-state index is 12.0. The molecule has 112 valence electrons. The summed E-state index contributed by atoms with van der Waals surface area (Å²) in [6, 6.07) is 4.01. The molecule has 1 amide bonds. The first-order chi connectivity index (χ1) is 9.60. The molecule has 0 atom stereocenters. The van der Waals surface area contributed by atoms with Crippen LogP contribution in [0, 0.1) is 0 Å². The van der Waals surface area contributed by atoms with Crippen LogP contribution in [0.2, 0.25) is 0 Å². The third kappa shape index (κ3) is 5.17. The molecule has 0 aliphatic heterocycles. The Labute approximate surface area is 122 Å². The number of nitrogens with one attached hydrogen (secondary N) is 1. The van der Waals surface area contributed by atoms with E-state index >= 15 is 0 Å². The highest BCUT2D eigenvalue weighted by Gasteiger charge is 2.12. The van der Waals surface area contributed by atoms with Crippen LogP contribution in [0.3, 0.4) is 0 Å². The first kappa shape index (κ1) is 16.4. The fourth-order valence-electron chi connectivity index (χ4n) is 2.13. The number of nitrogens with zero attached hydrogens (tertiary/aromatic N) is 3. The van der Waals surface area contributed by atoms with Gasteiger partial charge in [-0.3, -0.25) is 9.69 Å². The first-order valence-electron chi connectivity index (χ1n) is 7.25. The molecule has 0 aromatic carbocycles. The van der Waals surface area contributed by atoms with Crippen molar-refractivity contribution in [2.75, 3.05) is 38.5 Å². The third-order valence-corrected chi connectivity index (χ3v) is 3.16. The van der Waals surface area contributed by atoms with E-state index in [2.05, 4.69) is 10.3 Å². The summed E-state index contributed by atoms with van der Waals surface area (Å²) in [7, 11) is 1.97. The zero-order chi connectivity index (χ0) is 15.0. The van der Waals surface area contributed by atoms with Gasteiger partial charge in [0, 0.05) is 32.4 Å². The number of rotatable bonds is 8. The number of carbonyl (C=O) groups is 1. The molecule has 1 rings (SSSR count). The summed E-state index contributed by atoms with van der Waals surface area (Å²) in [4.78, 5) is 20.2. The zero-order valence-corrected chi connectivity index (χ0v) is 13.0. The predicted octanol–water partition coefficient (Wildman–Crippen LogP) is 1.81. The van der Waals surface area contributed by atoms with E-state index in [1.807, 2.05) is 49.8 Å². The molecular formula is C15H26N4O. The molecule has 0 aliphatic carbocycles. The Balaban J connectivity index is 2.55. The van der Waals surface area contributed by atoms with Gasteiger partial charge in [0.05, 0.1) is 6.54 Å². The molecule has 5 heteroatoms. The summed E-state index contributed by atoms with van der Waals surface area (Å²) in [5, 5.41) is 3.19. The molecule has 0 bridgehead atoms. The lowest BCUT2D eigenvalue weighted by atomic mass is 10.2. The van der Waals surface area contributed by atoms with Crippen LogP contribution in [0.15, 0.2) is 18.3 Å². The van der Waals surface area contributed by atoms with Crippen molar-refractivity contribution in [1.29, 1.82) is 0 Å². The van der Waals surface area contributed by atoms with Crippen LogP contribution in [0.1, 0.15) is 26.3 Å². The van der Waals surface area contributed by atoms with Crippen molar-refractivity contribution in [1.82, 2.24) is 14.8 Å². The molecule has 0 saturated carbocycles. The van der Waals surface area contributed by atoms with Crippen LogP contribution in [-0.2, 0) is 11.3 Å². The Morgan fingerprint density at radius 2 is 2.00 bits per heavy atom. The molecule has 0 aliphatic rings. The van der Waals surface area contributed by atoms with Crippen molar-refractivity contribution >= 4 is 11.7 Å². The van der Waals surface area contributed by atoms with Gasteiger partial charge in [0.15, 0.2) is 0 Å². The van der Waals surface area contributed by atoms with Crippen LogP contribution in [0.5, 0.6) is 0 Å². The fourth-order valence-corrected chi connectivity index (χ4v) is 2.13. The molecule has 1 heterocycles. The van der Waals surface area contributed by atoms with Gasteiger partial charge in [-0.15, -0.1) is 0 Å². The normalized spacial score (nSPS) is 10.7. The molecule has 1 N–H and O–H groups in total. The molecule has 20 heavy (non-hydrogen) atoms. The Bertz CT molecular complexity index is 418. The van der Waals surface area contributed by atoms with Gasteiger partial charge in [0.25, 0.3) is 0 Å². The Kier molecular flexibility index (Phi) is 7.01. The number of hydrogen-bond donors (Lipinski definition) is 1. The first-order valence-corrected chi connectivity index (χ1v) is 7.25. The van der Waals surface area contributed by atoms with Crippen molar-refractivity contribution in [3.8, 4) is 0 Å². The summed E-state index contributed by atoms with van der Waals surface area (Å²) < 4.78 is 0. The lowest BCUT2D eigenvalue weighted by Gasteiger charge is -2.23. The molecule has 0 fully saturated rings. The van der Waals surface area contributed by atoms with Gasteiger partial charge in [0.2, 0.25) is 5.91 Å². The highest BCUT2D eigenvalue weighted by atomic mass is 16.2. The second-order valence-corrected chi connectivity index (χ2v) is 4.82. The van der Waals surface area contributed by atoms with Crippen LogP contribution in [-0.4, -0.2) is 53.9 Å². The Hall–Kier alpha value is -1.62. The molecule has 1 aromatic rings. The topological polar surface area (TPSA) is 48.5 Å². The minimum absolute atomic E-state index is 0.179. The summed E-state index contributed by atoms with van der Waals surface area (Å²) in [5.41, 5.74) is 1.16. The number of amides is 1. The van der Waals surface area contributed by atoms with Crippen LogP contribution < -0.4 is 5.32 Å². The lowest BCUT2D eigenvalue weighted by Crippen LogP contribution is -2.38. The molecule has 0 spiro atoms. The highest BCUT2D eigenvalue weighted by molar-refractivity contribution is 5.78. The number of anilines is 1. The van der Waals surface area contributed by atoms with Crippen molar-refractivity contribution in [3.05, 3.63) is 23.9 Å². The number of pyridine rings is 1. The second kappa shape index (κ2) is 8.53. The predicted molar refractivity (Wildman–Crippen MR) is 82.7 cm³/mol. The van der Waals surface area contributed by atoms with E-state index in [0.29, 0.717) is 6.54 Å². The molecule has 0 radical (unpaired) electrons. The number of aromatic nitrogens is 1. The van der Waals surface area contributed by atoms with E-state index in [4.69, 9.17) is 0 Å². The molecule has 1 aromatic heterocycles. The third-order valence-electron chi connectivity index (χ3n) is 3.16. The van der Waals surface area contributed by atoms with Crippen molar-refractivity contribution in [2.45, 2.75) is 27.3 Å². The second-order valence-electron chi connectivity index (χ2n) is 4.82. The Morgan fingerprint density at radius 3 is 2.60 bits per heavy atom. The zero-order valence-electron chi connectivity index (χ0n) is 13.0. The molecule has 0 unspecified atom stereocenters. The molecular weight excluding hydrogens is 252 g/mol. The minimum atomic E-state index is 0.179. The van der Waals surface area contributed by atoms with E-state index in [1.54, 1.807) is 6.20 Å². The van der Waals surface area contributed by atoms with Gasteiger partial charge in [-0.2, -0.15) is 0 Å². The van der Waals surface area contributed by atoms with Crippen molar-refractivity contribution in [2.24, 2.45) is 0 Å². The van der Waals surface area contributed by atoms with E-state index in [9.17, 15) is 4.79 Å². The van der Waals surface area contributed by atoms with Crippen molar-refractivity contribution in [3.63, 3.8) is 0 Å². The van der Waals surface area contributed by atoms with Gasteiger partial charge in [-0.1, -0.05) is 0 Å². The quantitative estimate of drug-likeness (QED) is 0.788. The number of hydrogen-bond acceptors (Lipinski definition) is 4. The highest BCUT2D eigenvalue weighted by Crippen LogP contribution is 2.08. The standard InChI is InChI=1S/C15H26N4O/c1-5-16-14-10-13(8-9-17-14)11-18(4)12-15(20)19(6-2)7-3/h8-10H,5-7,11-12H2,1-4H3,(H,16,17). The van der Waals surface area contributed by atoms with E-state index < -0.39 is 0 Å². The summed E-state index contributed by atoms with van der Waals surface area (Å²) >= 11 is 0.